The van der Waals surface area contributed by atoms with Crippen molar-refractivity contribution >= 4 is 34.2 Å². The number of para-hydroxylation sites is 1. The molecule has 1 aliphatic carbocycles. The van der Waals surface area contributed by atoms with Crippen LogP contribution in [0.25, 0.3) is 10.9 Å². The monoisotopic (exact) mass is 360 g/mol. The number of aromatic nitrogens is 1. The summed E-state index contributed by atoms with van der Waals surface area (Å²) in [5.41, 5.74) is 5.00. The minimum absolute atomic E-state index is 0.126. The van der Waals surface area contributed by atoms with E-state index in [1.54, 1.807) is 31.3 Å². The molecule has 0 saturated carbocycles. The van der Waals surface area contributed by atoms with Crippen molar-refractivity contribution in [1.82, 2.24) is 10.3 Å². The second kappa shape index (κ2) is 7.07. The van der Waals surface area contributed by atoms with Gasteiger partial charge in [-0.05, 0) is 55.2 Å². The lowest BCUT2D eigenvalue weighted by Gasteiger charge is -2.13. The van der Waals surface area contributed by atoms with Crippen LogP contribution in [0, 0.1) is 0 Å². The summed E-state index contributed by atoms with van der Waals surface area (Å²) < 4.78 is 0. The summed E-state index contributed by atoms with van der Waals surface area (Å²) in [6.07, 6.45) is 2.82. The van der Waals surface area contributed by atoms with E-state index in [1.807, 2.05) is 24.3 Å². The van der Waals surface area contributed by atoms with Crippen molar-refractivity contribution in [3.8, 4) is 0 Å². The van der Waals surface area contributed by atoms with Crippen LogP contribution in [-0.4, -0.2) is 24.0 Å². The number of pyridine rings is 1. The molecular formula is C21H20N4O2. The molecule has 0 bridgehead atoms. The average Bonchev–Trinajstić information content (AvgIpc) is 3.15. The van der Waals surface area contributed by atoms with Gasteiger partial charge in [0.15, 0.2) is 0 Å². The number of anilines is 2. The quantitative estimate of drug-likeness (QED) is 0.665. The normalized spacial score (nSPS) is 12.5. The summed E-state index contributed by atoms with van der Waals surface area (Å²) in [6.45, 7) is 0. The molecule has 0 radical (unpaired) electrons. The van der Waals surface area contributed by atoms with Gasteiger partial charge in [0.25, 0.3) is 5.91 Å². The van der Waals surface area contributed by atoms with E-state index in [4.69, 9.17) is 4.98 Å². The van der Waals surface area contributed by atoms with Crippen molar-refractivity contribution in [2.24, 2.45) is 0 Å². The topological polar surface area (TPSA) is 83.1 Å². The molecule has 1 heterocycles. The molecule has 0 saturated heterocycles. The molecule has 0 atom stereocenters. The number of nitrogens with zero attached hydrogens (tertiary/aromatic N) is 1. The number of hydrogen-bond donors (Lipinski definition) is 3. The number of nitrogens with one attached hydrogen (secondary N) is 3. The van der Waals surface area contributed by atoms with Crippen LogP contribution in [0.3, 0.4) is 0 Å². The van der Waals surface area contributed by atoms with E-state index in [-0.39, 0.29) is 11.9 Å². The maximum Gasteiger partial charge on any atom is 0.318 e. The van der Waals surface area contributed by atoms with Crippen molar-refractivity contribution in [2.75, 3.05) is 17.7 Å². The molecule has 3 aromatic rings. The number of carbonyl (C=O) groups is 2. The summed E-state index contributed by atoms with van der Waals surface area (Å²) in [6, 6.07) is 14.5. The first kappa shape index (κ1) is 17.0. The highest BCUT2D eigenvalue weighted by Gasteiger charge is 2.23. The zero-order valence-corrected chi connectivity index (χ0v) is 15.0. The van der Waals surface area contributed by atoms with Gasteiger partial charge in [-0.25, -0.2) is 4.79 Å². The van der Waals surface area contributed by atoms with Crippen LogP contribution in [0.4, 0.5) is 16.2 Å². The van der Waals surface area contributed by atoms with Crippen LogP contribution < -0.4 is 16.0 Å². The summed E-state index contributed by atoms with van der Waals surface area (Å²) >= 11 is 0. The Morgan fingerprint density at radius 2 is 1.63 bits per heavy atom. The number of rotatable bonds is 3. The third-order valence-electron chi connectivity index (χ3n) is 4.77. The predicted molar refractivity (Wildman–Crippen MR) is 106 cm³/mol. The standard InChI is InChI=1S/C21H20N4O2/c1-22-21(27)24-14-11-9-13(10-12-14)23-20(26)19-15-5-2-3-7-17(15)25-18-8-4-6-16(18)19/h2-3,5,7,9-12H,4,6,8H2,1H3,(H,23,26)(H2,22,24,27). The van der Waals surface area contributed by atoms with Crippen molar-refractivity contribution in [2.45, 2.75) is 19.3 Å². The second-order valence-corrected chi connectivity index (χ2v) is 6.52. The number of hydrogen-bond acceptors (Lipinski definition) is 3. The van der Waals surface area contributed by atoms with Gasteiger partial charge >= 0.3 is 6.03 Å². The fourth-order valence-corrected chi connectivity index (χ4v) is 3.49. The molecule has 0 aliphatic heterocycles. The van der Waals surface area contributed by atoms with E-state index < -0.39 is 0 Å². The Kier molecular flexibility index (Phi) is 4.46. The Balaban J connectivity index is 1.63. The molecular weight excluding hydrogens is 340 g/mol. The largest absolute Gasteiger partial charge is 0.341 e. The third-order valence-corrected chi connectivity index (χ3v) is 4.77. The van der Waals surface area contributed by atoms with Crippen LogP contribution in [-0.2, 0) is 12.8 Å². The van der Waals surface area contributed by atoms with Gasteiger partial charge in [0.1, 0.15) is 0 Å². The highest BCUT2D eigenvalue weighted by Crippen LogP contribution is 2.30. The van der Waals surface area contributed by atoms with E-state index in [9.17, 15) is 9.59 Å². The molecule has 3 N–H and O–H groups in total. The van der Waals surface area contributed by atoms with E-state index >= 15 is 0 Å². The number of benzene rings is 2. The number of aryl methyl sites for hydroxylation is 1. The number of urea groups is 1. The van der Waals surface area contributed by atoms with Gasteiger partial charge in [-0.2, -0.15) is 0 Å². The second-order valence-electron chi connectivity index (χ2n) is 6.52. The molecule has 6 heteroatoms. The zero-order valence-electron chi connectivity index (χ0n) is 15.0. The smallest absolute Gasteiger partial charge is 0.318 e. The van der Waals surface area contributed by atoms with Crippen LogP contribution in [0.1, 0.15) is 28.0 Å². The van der Waals surface area contributed by atoms with Crippen molar-refractivity contribution in [3.63, 3.8) is 0 Å². The Bertz CT molecular complexity index is 1030. The molecule has 1 aromatic heterocycles. The fourth-order valence-electron chi connectivity index (χ4n) is 3.49. The summed E-state index contributed by atoms with van der Waals surface area (Å²) in [7, 11) is 1.56. The number of amides is 3. The Hall–Kier alpha value is -3.41. The molecule has 0 fully saturated rings. The minimum atomic E-state index is -0.286. The van der Waals surface area contributed by atoms with Gasteiger partial charge in [-0.15, -0.1) is 0 Å². The van der Waals surface area contributed by atoms with Gasteiger partial charge in [0.2, 0.25) is 0 Å². The van der Waals surface area contributed by atoms with Crippen LogP contribution in [0.5, 0.6) is 0 Å². The third kappa shape index (κ3) is 3.33. The Morgan fingerprint density at radius 3 is 2.37 bits per heavy atom. The molecule has 2 aromatic carbocycles. The van der Waals surface area contributed by atoms with E-state index in [0.717, 1.165) is 47.0 Å². The SMILES string of the molecule is CNC(=O)Nc1ccc(NC(=O)c2c3c(nc4ccccc24)CCC3)cc1. The average molecular weight is 360 g/mol. The Labute approximate surface area is 157 Å². The van der Waals surface area contributed by atoms with Crippen molar-refractivity contribution in [1.29, 1.82) is 0 Å². The maximum absolute atomic E-state index is 13.1. The highest BCUT2D eigenvalue weighted by atomic mass is 16.2. The molecule has 4 rings (SSSR count). The first-order valence-corrected chi connectivity index (χ1v) is 8.96. The van der Waals surface area contributed by atoms with Crippen LogP contribution in [0.2, 0.25) is 0 Å². The molecule has 3 amide bonds. The fraction of sp³-hybridized carbons (Fsp3) is 0.190. The van der Waals surface area contributed by atoms with Gasteiger partial charge in [0.05, 0.1) is 11.1 Å². The summed E-state index contributed by atoms with van der Waals surface area (Å²) in [5.74, 6) is -0.126. The van der Waals surface area contributed by atoms with Crippen LogP contribution in [0.15, 0.2) is 48.5 Å². The van der Waals surface area contributed by atoms with Crippen molar-refractivity contribution in [3.05, 3.63) is 65.4 Å². The first-order chi connectivity index (χ1) is 13.2. The van der Waals surface area contributed by atoms with Gasteiger partial charge in [-0.3, -0.25) is 9.78 Å². The first-order valence-electron chi connectivity index (χ1n) is 8.96. The van der Waals surface area contributed by atoms with Gasteiger partial charge in [0, 0.05) is 29.5 Å². The summed E-state index contributed by atoms with van der Waals surface area (Å²) in [4.78, 5) is 29.2. The Morgan fingerprint density at radius 1 is 0.926 bits per heavy atom. The zero-order chi connectivity index (χ0) is 18.8. The van der Waals surface area contributed by atoms with E-state index in [2.05, 4.69) is 16.0 Å². The molecule has 0 unspecified atom stereocenters. The van der Waals surface area contributed by atoms with E-state index in [1.165, 1.54) is 0 Å². The summed E-state index contributed by atoms with van der Waals surface area (Å²) in [5, 5.41) is 9.05. The molecule has 0 spiro atoms. The predicted octanol–water partition coefficient (Wildman–Crippen LogP) is 3.73. The van der Waals surface area contributed by atoms with Crippen LogP contribution >= 0.6 is 0 Å². The lowest BCUT2D eigenvalue weighted by molar-refractivity contribution is 0.102. The van der Waals surface area contributed by atoms with E-state index in [0.29, 0.717) is 11.4 Å². The molecule has 27 heavy (non-hydrogen) atoms. The highest BCUT2D eigenvalue weighted by molar-refractivity contribution is 6.13. The van der Waals surface area contributed by atoms with Crippen molar-refractivity contribution < 1.29 is 9.59 Å². The molecule has 136 valence electrons. The number of carbonyl (C=O) groups excluding carboxylic acids is 2. The molecule has 1 aliphatic rings. The lowest BCUT2D eigenvalue weighted by Crippen LogP contribution is -2.24. The molecule has 6 nitrogen and oxygen atoms in total. The van der Waals surface area contributed by atoms with Gasteiger partial charge < -0.3 is 16.0 Å². The number of fused-ring (bicyclic) bond motifs is 2. The van der Waals surface area contributed by atoms with Gasteiger partial charge in [-0.1, -0.05) is 18.2 Å². The minimum Gasteiger partial charge on any atom is -0.341 e. The maximum atomic E-state index is 13.1. The lowest BCUT2D eigenvalue weighted by atomic mass is 10.0.